The Morgan fingerprint density at radius 1 is 1.17 bits per heavy atom. The van der Waals surface area contributed by atoms with Crippen molar-refractivity contribution in [2.75, 3.05) is 0 Å². The van der Waals surface area contributed by atoms with Gasteiger partial charge in [-0.1, -0.05) is 0 Å². The van der Waals surface area contributed by atoms with Crippen LogP contribution in [0.4, 0.5) is 0 Å². The zero-order valence-corrected chi connectivity index (χ0v) is 12.2. The van der Waals surface area contributed by atoms with Crippen molar-refractivity contribution in [1.29, 1.82) is 0 Å². The smallest absolute Gasteiger partial charge is 0.0832 e. The molecule has 0 saturated carbocycles. The third-order valence-electron chi connectivity index (χ3n) is 0. The van der Waals surface area contributed by atoms with E-state index in [4.69, 9.17) is 0 Å². The number of hydrogen-bond acceptors (Lipinski definition) is 1. The molecule has 0 amide bonds. The van der Waals surface area contributed by atoms with Gasteiger partial charge in [-0.05, 0) is 0 Å². The van der Waals surface area contributed by atoms with Gasteiger partial charge in [0, 0.05) is 91.9 Å². The third-order valence-corrected chi connectivity index (χ3v) is 0. The van der Waals surface area contributed by atoms with Gasteiger partial charge in [-0.3, -0.25) is 0 Å². The van der Waals surface area contributed by atoms with Crippen LogP contribution < -0.4 is 0 Å². The first-order valence-corrected chi connectivity index (χ1v) is 0.926. The zero-order valence-electron chi connectivity index (χ0n) is 2.93. The molecule has 0 aliphatic heterocycles. The van der Waals surface area contributed by atoms with Crippen LogP contribution in [0.5, 0.6) is 0 Å². The Kier molecular flexibility index (Phi) is 89.4. The third kappa shape index (κ3) is 25.9. The maximum atomic E-state index is 4.26. The van der Waals surface area contributed by atoms with Gasteiger partial charge in [0.25, 0.3) is 0 Å². The van der Waals surface area contributed by atoms with Crippen LogP contribution in [0.1, 0.15) is 0 Å². The minimum atomic E-state index is 0. The summed E-state index contributed by atoms with van der Waals surface area (Å²) in [6.07, 6.45) is 0. The molecule has 0 heterocycles. The van der Waals surface area contributed by atoms with Crippen LogP contribution in [-0.2, 0) is 44.4 Å². The van der Waals surface area contributed by atoms with Crippen LogP contribution >= 0.6 is 23.7 Å². The Morgan fingerprint density at radius 3 is 1.17 bits per heavy atom. The maximum Gasteiger partial charge on any atom is 0.0832 e. The fourth-order valence-electron chi connectivity index (χ4n) is 0. The fraction of sp³-hybridized carbons (Fsp3) is 0. The number of halogens is 2. The van der Waals surface area contributed by atoms with Crippen LogP contribution in [0.15, 0.2) is 0 Å². The second-order valence-electron chi connectivity index (χ2n) is 0.0583. The van der Waals surface area contributed by atoms with E-state index in [0.717, 1.165) is 0 Å². The van der Waals surface area contributed by atoms with Crippen LogP contribution in [-0.4, -0.2) is 51.4 Å². The number of hydrogen-bond donors (Lipinski definition) is 0. The molecule has 1 radical (unpaired) electrons. The zero-order chi connectivity index (χ0) is 2.71. The summed E-state index contributed by atoms with van der Waals surface area (Å²) in [5, 5.41) is 0. The van der Waals surface area contributed by atoms with Crippen molar-refractivity contribution >= 4 is 75.1 Å². The van der Waals surface area contributed by atoms with E-state index in [2.05, 4.69) is 27.6 Å². The Hall–Kier alpha value is 3.49. The van der Waals surface area contributed by atoms with Gasteiger partial charge in [0.2, 0.25) is 0 Å². The summed E-state index contributed by atoms with van der Waals surface area (Å²) in [7, 11) is 0. The summed E-state index contributed by atoms with van der Waals surface area (Å²) in [6, 6.07) is 0. The SMILES string of the molecule is ClOCl.[K].[Ru].[W]. The van der Waals surface area contributed by atoms with Gasteiger partial charge in [-0.15, -0.1) is 0 Å². The van der Waals surface area contributed by atoms with Crippen molar-refractivity contribution in [1.82, 2.24) is 0 Å². The summed E-state index contributed by atoms with van der Waals surface area (Å²) < 4.78 is 3.19. The van der Waals surface area contributed by atoms with Gasteiger partial charge >= 0.3 is 0 Å². The molecule has 0 rings (SSSR count). The van der Waals surface area contributed by atoms with Crippen molar-refractivity contribution in [3.63, 3.8) is 0 Å². The predicted molar refractivity (Wildman–Crippen MR) is 18.5 cm³/mol. The van der Waals surface area contributed by atoms with Crippen LogP contribution in [0.25, 0.3) is 0 Å². The summed E-state index contributed by atoms with van der Waals surface area (Å²) in [5.74, 6) is 0. The first kappa shape index (κ1) is 22.7. The van der Waals surface area contributed by atoms with E-state index >= 15 is 0 Å². The molecule has 0 saturated heterocycles. The van der Waals surface area contributed by atoms with Gasteiger partial charge in [0.05, 0.1) is 23.7 Å². The van der Waals surface area contributed by atoms with Gasteiger partial charge in [-0.25, -0.2) is 0 Å². The van der Waals surface area contributed by atoms with Crippen molar-refractivity contribution in [3.8, 4) is 0 Å². The summed E-state index contributed by atoms with van der Waals surface area (Å²) in [5.41, 5.74) is 0. The molecule has 6 heavy (non-hydrogen) atoms. The molecule has 0 aromatic carbocycles. The normalized spacial score (nSPS) is 3.00. The van der Waals surface area contributed by atoms with E-state index in [9.17, 15) is 0 Å². The van der Waals surface area contributed by atoms with Gasteiger partial charge in [-0.2, -0.15) is 3.84 Å². The first-order chi connectivity index (χ1) is 1.41. The van der Waals surface area contributed by atoms with Crippen molar-refractivity contribution in [2.45, 2.75) is 0 Å². The molecule has 0 aliphatic carbocycles. The predicted octanol–water partition coefficient (Wildman–Crippen LogP) is 0.925. The largest absolute Gasteiger partial charge is 0.166 e. The van der Waals surface area contributed by atoms with E-state index < -0.39 is 0 Å². The van der Waals surface area contributed by atoms with E-state index in [1.807, 2.05) is 0 Å². The standard InChI is InChI=1S/Cl2O.K.Ru.W/c1-3-2;;;. The molecule has 0 bridgehead atoms. The van der Waals surface area contributed by atoms with Gasteiger partial charge < -0.3 is 0 Å². The molecule has 0 fully saturated rings. The van der Waals surface area contributed by atoms with E-state index in [-0.39, 0.29) is 91.9 Å². The molecule has 0 aromatic heterocycles. The Balaban J connectivity index is -0.00000000667. The monoisotopic (exact) mass is 411 g/mol. The summed E-state index contributed by atoms with van der Waals surface area (Å²) >= 11 is 8.53. The second-order valence-corrected chi connectivity index (χ2v) is 0.525. The van der Waals surface area contributed by atoms with Gasteiger partial charge in [0.1, 0.15) is 0 Å². The average Bonchev–Trinajstić information content (AvgIpc) is 0.918. The van der Waals surface area contributed by atoms with Crippen molar-refractivity contribution in [3.05, 3.63) is 0 Å². The molecule has 0 aromatic rings. The molecule has 1 nitrogen and oxygen atoms in total. The van der Waals surface area contributed by atoms with E-state index in [1.54, 1.807) is 0 Å². The van der Waals surface area contributed by atoms with Gasteiger partial charge in [0.15, 0.2) is 0 Å². The summed E-state index contributed by atoms with van der Waals surface area (Å²) in [4.78, 5) is 0. The molecular weight excluding hydrogens is 411 g/mol. The minimum Gasteiger partial charge on any atom is -0.166 e. The molecule has 0 unspecified atom stereocenters. The van der Waals surface area contributed by atoms with E-state index in [1.165, 1.54) is 0 Å². The van der Waals surface area contributed by atoms with Crippen molar-refractivity contribution < 1.29 is 44.4 Å². The Labute approximate surface area is 117 Å². The van der Waals surface area contributed by atoms with Crippen LogP contribution in [0.2, 0.25) is 0 Å². The molecule has 0 spiro atoms. The first-order valence-electron chi connectivity index (χ1n) is 0.309. The van der Waals surface area contributed by atoms with Crippen molar-refractivity contribution in [2.24, 2.45) is 0 Å². The molecule has 35 valence electrons. The van der Waals surface area contributed by atoms with Crippen LogP contribution in [0.3, 0.4) is 0 Å². The second kappa shape index (κ2) is 23.6. The summed E-state index contributed by atoms with van der Waals surface area (Å²) in [6.45, 7) is 0. The maximum absolute atomic E-state index is 4.26. The van der Waals surface area contributed by atoms with Crippen LogP contribution in [0, 0.1) is 0 Å². The molecular formula is Cl2KORuW. The minimum absolute atomic E-state index is 0. The molecule has 0 atom stereocenters. The topological polar surface area (TPSA) is 9.23 Å². The molecule has 0 aliphatic rings. The number of rotatable bonds is 0. The van der Waals surface area contributed by atoms with E-state index in [0.29, 0.717) is 0 Å². The fourth-order valence-corrected chi connectivity index (χ4v) is 0. The Bertz CT molecular complexity index is 13.5. The Morgan fingerprint density at radius 2 is 1.17 bits per heavy atom. The molecule has 0 N–H and O–H groups in total. The quantitative estimate of drug-likeness (QED) is 0.540. The molecule has 6 heteroatoms. The average molecular weight is 411 g/mol.